The van der Waals surface area contributed by atoms with E-state index in [1.54, 1.807) is 0 Å². The van der Waals surface area contributed by atoms with E-state index < -0.39 is 22.5 Å². The summed E-state index contributed by atoms with van der Waals surface area (Å²) in [6.07, 6.45) is 1.37. The second kappa shape index (κ2) is 4.77. The van der Waals surface area contributed by atoms with Crippen molar-refractivity contribution in [2.75, 3.05) is 13.6 Å². The van der Waals surface area contributed by atoms with Crippen LogP contribution in [0.3, 0.4) is 0 Å². The van der Waals surface area contributed by atoms with Gasteiger partial charge in [-0.2, -0.15) is 4.31 Å². The lowest BCUT2D eigenvalue weighted by Gasteiger charge is -2.15. The van der Waals surface area contributed by atoms with Crippen LogP contribution in [0.4, 0.5) is 0 Å². The lowest BCUT2D eigenvalue weighted by molar-refractivity contribution is -0.118. The number of carbonyl (C=O) groups excluding carboxylic acids is 1. The van der Waals surface area contributed by atoms with Crippen molar-refractivity contribution in [1.29, 1.82) is 0 Å². The molecule has 88 valence electrons. The first-order valence-corrected chi connectivity index (χ1v) is 6.02. The smallest absolute Gasteiger partial charge is 0.246 e. The summed E-state index contributed by atoms with van der Waals surface area (Å²) in [5, 5.41) is -0.140. The van der Waals surface area contributed by atoms with Crippen molar-refractivity contribution < 1.29 is 13.2 Å². The van der Waals surface area contributed by atoms with Crippen LogP contribution in [0.25, 0.3) is 0 Å². The molecule has 0 radical (unpaired) electrons. The van der Waals surface area contributed by atoms with Crippen LogP contribution in [0.5, 0.6) is 0 Å². The molecule has 1 amide bonds. The first kappa shape index (κ1) is 12.9. The number of rotatable bonds is 4. The maximum absolute atomic E-state index is 11.9. The molecule has 1 aromatic rings. The summed E-state index contributed by atoms with van der Waals surface area (Å²) < 4.78 is 24.6. The van der Waals surface area contributed by atoms with Crippen LogP contribution in [0.1, 0.15) is 0 Å². The molecular formula is C8H10ClN3O3S. The second-order valence-electron chi connectivity index (χ2n) is 3.02. The first-order chi connectivity index (χ1) is 7.35. The Hall–Kier alpha value is -1.18. The van der Waals surface area contributed by atoms with Crippen molar-refractivity contribution >= 4 is 27.5 Å². The molecule has 0 fully saturated rings. The maximum atomic E-state index is 11.9. The van der Waals surface area contributed by atoms with Crippen molar-refractivity contribution in [3.05, 3.63) is 23.5 Å². The number of amides is 1. The minimum atomic E-state index is -3.83. The molecular weight excluding hydrogens is 254 g/mol. The number of carbonyl (C=O) groups is 1. The zero-order chi connectivity index (χ0) is 12.3. The van der Waals surface area contributed by atoms with Gasteiger partial charge >= 0.3 is 0 Å². The summed E-state index contributed by atoms with van der Waals surface area (Å²) in [5.74, 6) is -0.744. The highest BCUT2D eigenvalue weighted by atomic mass is 35.5. The molecule has 0 saturated carbocycles. The third-order valence-corrected chi connectivity index (χ3v) is 4.04. The third kappa shape index (κ3) is 2.69. The summed E-state index contributed by atoms with van der Waals surface area (Å²) >= 11 is 5.66. The Bertz CT molecular complexity index is 503. The molecule has 0 bridgehead atoms. The van der Waals surface area contributed by atoms with Crippen LogP contribution >= 0.6 is 11.6 Å². The van der Waals surface area contributed by atoms with Gasteiger partial charge in [0.25, 0.3) is 0 Å². The molecule has 0 aliphatic heterocycles. The van der Waals surface area contributed by atoms with Gasteiger partial charge in [0.05, 0.1) is 6.54 Å². The average molecular weight is 264 g/mol. The number of likely N-dealkylation sites (N-methyl/N-ethyl adjacent to an activating group) is 1. The van der Waals surface area contributed by atoms with E-state index in [-0.39, 0.29) is 10.0 Å². The van der Waals surface area contributed by atoms with Crippen molar-refractivity contribution in [3.63, 3.8) is 0 Å². The predicted octanol–water partition coefficient (Wildman–Crippen LogP) is -0.159. The number of sulfonamides is 1. The molecule has 0 aromatic carbocycles. The molecule has 6 nitrogen and oxygen atoms in total. The van der Waals surface area contributed by atoms with E-state index in [0.717, 1.165) is 4.31 Å². The molecule has 0 aliphatic carbocycles. The minimum Gasteiger partial charge on any atom is -0.369 e. The molecule has 0 atom stereocenters. The average Bonchev–Trinajstić information content (AvgIpc) is 2.16. The largest absolute Gasteiger partial charge is 0.369 e. The molecule has 0 spiro atoms. The van der Waals surface area contributed by atoms with E-state index in [0.29, 0.717) is 0 Å². The van der Waals surface area contributed by atoms with E-state index in [1.165, 1.54) is 25.4 Å². The summed E-state index contributed by atoms with van der Waals surface area (Å²) in [4.78, 5) is 14.1. The lowest BCUT2D eigenvalue weighted by atomic mass is 10.5. The molecule has 2 N–H and O–H groups in total. The Morgan fingerprint density at radius 2 is 2.25 bits per heavy atom. The number of hydrogen-bond donors (Lipinski definition) is 1. The molecule has 16 heavy (non-hydrogen) atoms. The van der Waals surface area contributed by atoms with Crippen molar-refractivity contribution in [1.82, 2.24) is 9.29 Å². The normalized spacial score (nSPS) is 11.7. The molecule has 0 saturated heterocycles. The highest BCUT2D eigenvalue weighted by Crippen LogP contribution is 2.20. The molecule has 8 heteroatoms. The molecule has 0 aliphatic rings. The van der Waals surface area contributed by atoms with Gasteiger partial charge in [0.15, 0.2) is 0 Å². The van der Waals surface area contributed by atoms with Gasteiger partial charge < -0.3 is 5.73 Å². The summed E-state index contributed by atoms with van der Waals surface area (Å²) in [7, 11) is -2.59. The number of pyridine rings is 1. The fourth-order valence-electron chi connectivity index (χ4n) is 1.04. The van der Waals surface area contributed by atoms with Gasteiger partial charge in [-0.1, -0.05) is 11.6 Å². The van der Waals surface area contributed by atoms with Gasteiger partial charge in [0.1, 0.15) is 10.0 Å². The summed E-state index contributed by atoms with van der Waals surface area (Å²) in [6, 6.07) is 2.75. The Kier molecular flexibility index (Phi) is 3.84. The van der Waals surface area contributed by atoms with Gasteiger partial charge in [-0.15, -0.1) is 0 Å². The van der Waals surface area contributed by atoms with Gasteiger partial charge in [-0.3, -0.25) is 4.79 Å². The monoisotopic (exact) mass is 263 g/mol. The summed E-state index contributed by atoms with van der Waals surface area (Å²) in [5.41, 5.74) is 4.91. The fourth-order valence-corrected chi connectivity index (χ4v) is 2.60. The number of primary amides is 1. The SMILES string of the molecule is CN(CC(N)=O)S(=O)(=O)c1cccnc1Cl. The highest BCUT2D eigenvalue weighted by molar-refractivity contribution is 7.89. The predicted molar refractivity (Wildman–Crippen MR) is 58.3 cm³/mol. The van der Waals surface area contributed by atoms with E-state index in [4.69, 9.17) is 17.3 Å². The van der Waals surface area contributed by atoms with E-state index in [2.05, 4.69) is 4.98 Å². The Balaban J connectivity index is 3.12. The number of nitrogens with zero attached hydrogens (tertiary/aromatic N) is 2. The topological polar surface area (TPSA) is 93.4 Å². The van der Waals surface area contributed by atoms with E-state index in [1.807, 2.05) is 0 Å². The van der Waals surface area contributed by atoms with Crippen LogP contribution in [-0.4, -0.2) is 37.2 Å². The van der Waals surface area contributed by atoms with Crippen molar-refractivity contribution in [2.45, 2.75) is 4.90 Å². The molecule has 1 rings (SSSR count). The van der Waals surface area contributed by atoms with Crippen molar-refractivity contribution in [2.24, 2.45) is 5.73 Å². The van der Waals surface area contributed by atoms with Crippen LogP contribution in [0.15, 0.2) is 23.2 Å². The zero-order valence-corrected chi connectivity index (χ0v) is 9.99. The number of nitrogens with two attached hydrogens (primary N) is 1. The van der Waals surface area contributed by atoms with Gasteiger partial charge in [-0.05, 0) is 12.1 Å². The number of aromatic nitrogens is 1. The molecule has 1 heterocycles. The molecule has 1 aromatic heterocycles. The molecule has 0 unspecified atom stereocenters. The standard InChI is InChI=1S/C8H10ClN3O3S/c1-12(5-7(10)13)16(14,15)6-3-2-4-11-8(6)9/h2-4H,5H2,1H3,(H2,10,13). The van der Waals surface area contributed by atoms with E-state index in [9.17, 15) is 13.2 Å². The highest BCUT2D eigenvalue weighted by Gasteiger charge is 2.24. The first-order valence-electron chi connectivity index (χ1n) is 4.21. The van der Waals surface area contributed by atoms with Crippen LogP contribution in [0.2, 0.25) is 5.15 Å². The van der Waals surface area contributed by atoms with Crippen LogP contribution in [0, 0.1) is 0 Å². The second-order valence-corrected chi connectivity index (χ2v) is 5.39. The Labute approximate surface area is 98.1 Å². The quantitative estimate of drug-likeness (QED) is 0.764. The lowest BCUT2D eigenvalue weighted by Crippen LogP contribution is -2.35. The zero-order valence-electron chi connectivity index (χ0n) is 8.42. The number of halogens is 1. The fraction of sp³-hybridized carbons (Fsp3) is 0.250. The van der Waals surface area contributed by atoms with E-state index >= 15 is 0 Å². The van der Waals surface area contributed by atoms with Gasteiger partial charge in [0.2, 0.25) is 15.9 Å². The Morgan fingerprint density at radius 3 is 2.75 bits per heavy atom. The number of hydrogen-bond acceptors (Lipinski definition) is 4. The van der Waals surface area contributed by atoms with Crippen LogP contribution in [-0.2, 0) is 14.8 Å². The van der Waals surface area contributed by atoms with Gasteiger partial charge in [0, 0.05) is 13.2 Å². The Morgan fingerprint density at radius 1 is 1.62 bits per heavy atom. The van der Waals surface area contributed by atoms with Gasteiger partial charge in [-0.25, -0.2) is 13.4 Å². The third-order valence-electron chi connectivity index (χ3n) is 1.79. The van der Waals surface area contributed by atoms with Crippen molar-refractivity contribution in [3.8, 4) is 0 Å². The summed E-state index contributed by atoms with van der Waals surface area (Å²) in [6.45, 7) is -0.409. The maximum Gasteiger partial charge on any atom is 0.246 e. The minimum absolute atomic E-state index is 0.140. The van der Waals surface area contributed by atoms with Crippen LogP contribution < -0.4 is 5.73 Å².